The van der Waals surface area contributed by atoms with Crippen LogP contribution in [0.25, 0.3) is 21.9 Å². The Morgan fingerprint density at radius 2 is 1.58 bits per heavy atom. The number of nitrogens with zero attached hydrogens (tertiary/aromatic N) is 1. The van der Waals surface area contributed by atoms with Gasteiger partial charge >= 0.3 is 5.97 Å². The number of hydrogen-bond acceptors (Lipinski definition) is 5. The van der Waals surface area contributed by atoms with E-state index >= 15 is 0 Å². The van der Waals surface area contributed by atoms with E-state index in [0.717, 1.165) is 10.8 Å². The van der Waals surface area contributed by atoms with Crippen molar-refractivity contribution in [3.05, 3.63) is 65.7 Å². The van der Waals surface area contributed by atoms with Crippen LogP contribution in [-0.2, 0) is 10.1 Å². The molecule has 0 aliphatic rings. The van der Waals surface area contributed by atoms with E-state index in [1.54, 1.807) is 12.1 Å². The maximum Gasteiger partial charge on any atom is 0.337 e. The molecule has 3 aromatic rings. The van der Waals surface area contributed by atoms with Crippen LogP contribution in [0.3, 0.4) is 0 Å². The second kappa shape index (κ2) is 9.24. The van der Waals surface area contributed by atoms with Crippen LogP contribution in [0.15, 0.2) is 59.6 Å². The smallest absolute Gasteiger partial charge is 0.337 e. The van der Waals surface area contributed by atoms with Gasteiger partial charge in [0.2, 0.25) is 0 Å². The summed E-state index contributed by atoms with van der Waals surface area (Å²) in [5.41, 5.74) is 17.8. The van der Waals surface area contributed by atoms with Crippen molar-refractivity contribution in [3.63, 3.8) is 0 Å². The lowest BCUT2D eigenvalue weighted by Gasteiger charge is -2.15. The molecule has 0 saturated heterocycles. The minimum atomic E-state index is -3.67. The Kier molecular flexibility index (Phi) is 6.95. The number of carboxylic acid groups (broad SMARTS) is 1. The first-order valence-corrected chi connectivity index (χ1v) is 10.5. The zero-order chi connectivity index (χ0) is 23.3. The molecule has 0 aliphatic carbocycles. The SMILES string of the molecule is CS(=O)(=O)O.N=C(N)c1ccc(N=C(N)N)c(-c2ccc3ccccc3c2)c1C(=O)O. The van der Waals surface area contributed by atoms with Gasteiger partial charge in [-0.3, -0.25) is 9.96 Å². The molecule has 3 rings (SSSR count). The van der Waals surface area contributed by atoms with Crippen LogP contribution in [-0.4, -0.2) is 42.1 Å². The average Bonchev–Trinajstić information content (AvgIpc) is 2.65. The fourth-order valence-corrected chi connectivity index (χ4v) is 2.91. The summed E-state index contributed by atoms with van der Waals surface area (Å²) in [5.74, 6) is -1.76. The Bertz CT molecular complexity index is 1290. The summed E-state index contributed by atoms with van der Waals surface area (Å²) in [4.78, 5) is 16.0. The van der Waals surface area contributed by atoms with Gasteiger partial charge in [-0.2, -0.15) is 8.42 Å². The highest BCUT2D eigenvalue weighted by atomic mass is 32.2. The lowest BCUT2D eigenvalue weighted by atomic mass is 9.92. The van der Waals surface area contributed by atoms with Gasteiger partial charge < -0.3 is 22.3 Å². The van der Waals surface area contributed by atoms with Crippen LogP contribution < -0.4 is 17.2 Å². The van der Waals surface area contributed by atoms with Crippen LogP contribution in [0.1, 0.15) is 15.9 Å². The van der Waals surface area contributed by atoms with Crippen molar-refractivity contribution in [2.24, 2.45) is 22.2 Å². The van der Waals surface area contributed by atoms with E-state index in [9.17, 15) is 18.3 Å². The van der Waals surface area contributed by atoms with Crippen LogP contribution >= 0.6 is 0 Å². The van der Waals surface area contributed by atoms with E-state index in [4.69, 9.17) is 27.2 Å². The Balaban J connectivity index is 0.000000614. The summed E-state index contributed by atoms with van der Waals surface area (Å²) in [6.45, 7) is 0. The maximum atomic E-state index is 12.0. The van der Waals surface area contributed by atoms with E-state index in [0.29, 0.717) is 23.1 Å². The molecule has 0 unspecified atom stereocenters. The number of fused-ring (bicyclic) bond motifs is 1. The molecule has 9 N–H and O–H groups in total. The van der Waals surface area contributed by atoms with Crippen LogP contribution in [0.5, 0.6) is 0 Å². The lowest BCUT2D eigenvalue weighted by molar-refractivity contribution is 0.0697. The van der Waals surface area contributed by atoms with Gasteiger partial charge in [-0.25, -0.2) is 9.79 Å². The second-order valence-corrected chi connectivity index (χ2v) is 7.90. The Hall–Kier alpha value is -3.96. The Labute approximate surface area is 178 Å². The molecule has 0 aromatic heterocycles. The molecule has 0 aliphatic heterocycles. The summed E-state index contributed by atoms with van der Waals surface area (Å²) in [6.07, 6.45) is 0.715. The predicted octanol–water partition coefficient (Wildman–Crippen LogP) is 1.90. The normalized spacial score (nSPS) is 10.6. The van der Waals surface area contributed by atoms with E-state index in [2.05, 4.69) is 4.99 Å². The minimum Gasteiger partial charge on any atom is -0.478 e. The molecule has 0 atom stereocenters. The van der Waals surface area contributed by atoms with Gasteiger partial charge in [-0.15, -0.1) is 0 Å². The quantitative estimate of drug-likeness (QED) is 0.199. The maximum absolute atomic E-state index is 12.0. The van der Waals surface area contributed by atoms with E-state index in [1.165, 1.54) is 6.07 Å². The first-order valence-electron chi connectivity index (χ1n) is 8.64. The number of aromatic carboxylic acids is 1. The molecule has 0 spiro atoms. The topological polar surface area (TPSA) is 206 Å². The molecule has 0 radical (unpaired) electrons. The number of amidine groups is 1. The highest BCUT2D eigenvalue weighted by Crippen LogP contribution is 2.37. The van der Waals surface area contributed by atoms with Crippen molar-refractivity contribution < 1.29 is 22.9 Å². The van der Waals surface area contributed by atoms with Crippen molar-refractivity contribution in [2.75, 3.05) is 6.26 Å². The number of rotatable bonds is 4. The summed E-state index contributed by atoms with van der Waals surface area (Å²) < 4.78 is 25.9. The van der Waals surface area contributed by atoms with Gasteiger partial charge in [-0.05, 0) is 34.5 Å². The molecule has 0 amide bonds. The van der Waals surface area contributed by atoms with Crippen LogP contribution in [0.4, 0.5) is 5.69 Å². The molecule has 0 heterocycles. The van der Waals surface area contributed by atoms with Gasteiger partial charge in [0, 0.05) is 11.1 Å². The molecular weight excluding hydrogens is 422 g/mol. The Morgan fingerprint density at radius 1 is 1.00 bits per heavy atom. The largest absolute Gasteiger partial charge is 0.478 e. The zero-order valence-electron chi connectivity index (χ0n) is 16.4. The first kappa shape index (κ1) is 23.3. The highest BCUT2D eigenvalue weighted by molar-refractivity contribution is 7.85. The molecule has 162 valence electrons. The number of carboxylic acids is 1. The third kappa shape index (κ3) is 6.26. The van der Waals surface area contributed by atoms with Crippen molar-refractivity contribution in [1.29, 1.82) is 5.41 Å². The number of nitrogen functional groups attached to an aromatic ring is 1. The zero-order valence-corrected chi connectivity index (χ0v) is 17.2. The van der Waals surface area contributed by atoms with Crippen molar-refractivity contribution >= 4 is 44.3 Å². The van der Waals surface area contributed by atoms with Gasteiger partial charge in [-0.1, -0.05) is 36.4 Å². The molecule has 3 aromatic carbocycles. The average molecular weight is 443 g/mol. The van der Waals surface area contributed by atoms with E-state index < -0.39 is 16.1 Å². The van der Waals surface area contributed by atoms with E-state index in [1.807, 2.05) is 36.4 Å². The fraction of sp³-hybridized carbons (Fsp3) is 0.0500. The monoisotopic (exact) mass is 443 g/mol. The number of benzene rings is 3. The third-order valence-electron chi connectivity index (χ3n) is 3.98. The number of nitrogens with two attached hydrogens (primary N) is 3. The van der Waals surface area contributed by atoms with Gasteiger partial charge in [0.1, 0.15) is 5.84 Å². The second-order valence-electron chi connectivity index (χ2n) is 6.43. The van der Waals surface area contributed by atoms with Crippen LogP contribution in [0, 0.1) is 5.41 Å². The van der Waals surface area contributed by atoms with Crippen molar-refractivity contribution in [3.8, 4) is 11.1 Å². The first-order chi connectivity index (χ1) is 14.4. The summed E-state index contributed by atoms with van der Waals surface area (Å²) in [5, 5.41) is 19.4. The number of nitrogens with one attached hydrogen (secondary N) is 1. The van der Waals surface area contributed by atoms with Gasteiger partial charge in [0.25, 0.3) is 10.1 Å². The predicted molar refractivity (Wildman–Crippen MR) is 120 cm³/mol. The molecule has 10 nitrogen and oxygen atoms in total. The lowest BCUT2D eigenvalue weighted by Crippen LogP contribution is -2.22. The van der Waals surface area contributed by atoms with E-state index in [-0.39, 0.29) is 22.9 Å². The Morgan fingerprint density at radius 3 is 2.10 bits per heavy atom. The highest BCUT2D eigenvalue weighted by Gasteiger charge is 2.22. The molecule has 0 saturated carbocycles. The van der Waals surface area contributed by atoms with Gasteiger partial charge in [0.15, 0.2) is 5.96 Å². The van der Waals surface area contributed by atoms with Crippen molar-refractivity contribution in [2.45, 2.75) is 0 Å². The molecule has 0 fully saturated rings. The number of carbonyl (C=O) groups is 1. The molecule has 31 heavy (non-hydrogen) atoms. The number of aliphatic imine (C=N–C) groups is 1. The standard InChI is InChI=1S/C19H17N5O2.CH4O3S/c20-17(21)13-7-8-14(24-19(22)23)15(16(13)18(25)26)12-6-5-10-3-1-2-4-11(10)9-12;1-5(2,3)4/h1-9H,(H3,20,21)(H,25,26)(H4,22,23,24);1H3,(H,2,3,4). The van der Waals surface area contributed by atoms with Crippen molar-refractivity contribution in [1.82, 2.24) is 0 Å². The number of guanidine groups is 1. The third-order valence-corrected chi connectivity index (χ3v) is 3.98. The molecular formula is C20H21N5O5S. The molecule has 11 heteroatoms. The number of hydrogen-bond donors (Lipinski definition) is 6. The summed E-state index contributed by atoms with van der Waals surface area (Å²) in [6, 6.07) is 16.2. The fourth-order valence-electron chi connectivity index (χ4n) is 2.91. The summed E-state index contributed by atoms with van der Waals surface area (Å²) in [7, 11) is -3.67. The molecule has 0 bridgehead atoms. The van der Waals surface area contributed by atoms with Gasteiger partial charge in [0.05, 0.1) is 17.5 Å². The van der Waals surface area contributed by atoms with Crippen LogP contribution in [0.2, 0.25) is 0 Å². The minimum absolute atomic E-state index is 0.107. The summed E-state index contributed by atoms with van der Waals surface area (Å²) >= 11 is 0.